The minimum absolute atomic E-state index is 0.114. The summed E-state index contributed by atoms with van der Waals surface area (Å²) in [5.41, 5.74) is 8.49. The molecule has 0 spiro atoms. The summed E-state index contributed by atoms with van der Waals surface area (Å²) in [5, 5.41) is 0.114. The molecule has 1 aromatic heterocycles. The zero-order chi connectivity index (χ0) is 15.6. The molecule has 0 amide bonds. The highest BCUT2D eigenvalue weighted by molar-refractivity contribution is 7.91. The van der Waals surface area contributed by atoms with Gasteiger partial charge in [0.15, 0.2) is 5.03 Å². The summed E-state index contributed by atoms with van der Waals surface area (Å²) in [6.45, 7) is 5.68. The van der Waals surface area contributed by atoms with E-state index in [1.54, 1.807) is 30.3 Å². The lowest BCUT2D eigenvalue weighted by Crippen LogP contribution is -2.14. The van der Waals surface area contributed by atoms with Crippen molar-refractivity contribution in [2.24, 2.45) is 5.73 Å². The third-order valence-electron chi connectivity index (χ3n) is 3.48. The molecule has 1 unspecified atom stereocenters. The maximum Gasteiger partial charge on any atom is 0.224 e. The quantitative estimate of drug-likeness (QED) is 0.942. The molecule has 0 saturated carbocycles. The molecule has 0 saturated heterocycles. The van der Waals surface area contributed by atoms with E-state index in [-0.39, 0.29) is 16.0 Å². The largest absolute Gasteiger partial charge is 0.324 e. The van der Waals surface area contributed by atoms with Crippen LogP contribution in [0.15, 0.2) is 46.5 Å². The molecule has 0 fully saturated rings. The van der Waals surface area contributed by atoms with E-state index in [0.29, 0.717) is 12.0 Å². The van der Waals surface area contributed by atoms with Crippen LogP contribution in [-0.4, -0.2) is 13.4 Å². The van der Waals surface area contributed by atoms with E-state index in [4.69, 9.17) is 5.73 Å². The second-order valence-electron chi connectivity index (χ2n) is 5.14. The highest BCUT2D eigenvalue weighted by Crippen LogP contribution is 2.27. The van der Waals surface area contributed by atoms with E-state index >= 15 is 0 Å². The Hall–Kier alpha value is -1.72. The van der Waals surface area contributed by atoms with Gasteiger partial charge in [0.1, 0.15) is 0 Å². The Bertz CT molecular complexity index is 735. The van der Waals surface area contributed by atoms with Crippen LogP contribution in [0.1, 0.15) is 36.6 Å². The average Bonchev–Trinajstić information content (AvgIpc) is 2.46. The molecule has 0 radical (unpaired) electrons. The summed E-state index contributed by atoms with van der Waals surface area (Å²) in [6, 6.07) is 8.36. The van der Waals surface area contributed by atoms with Gasteiger partial charge < -0.3 is 5.73 Å². The first-order valence-electron chi connectivity index (χ1n) is 6.93. The molecular formula is C16H20N2O2S. The van der Waals surface area contributed by atoms with Crippen molar-refractivity contribution in [3.05, 3.63) is 53.2 Å². The number of hydrogen-bond donors (Lipinski definition) is 1. The standard InChI is InChI=1S/C16H20N2O2S/c1-4-14-15(12(3)17)9-10-18-16(14)21(19,20)13-7-5-11(2)6-8-13/h5-10,12H,4,17H2,1-3H3. The second-order valence-corrected chi connectivity index (χ2v) is 7.01. The average molecular weight is 304 g/mol. The topological polar surface area (TPSA) is 73.0 Å². The van der Waals surface area contributed by atoms with Crippen molar-refractivity contribution in [2.45, 2.75) is 43.2 Å². The van der Waals surface area contributed by atoms with Gasteiger partial charge in [-0.05, 0) is 49.6 Å². The molecule has 5 heteroatoms. The Morgan fingerprint density at radius 3 is 2.33 bits per heavy atom. The minimum Gasteiger partial charge on any atom is -0.324 e. The Morgan fingerprint density at radius 1 is 1.19 bits per heavy atom. The summed E-state index contributed by atoms with van der Waals surface area (Å²) in [4.78, 5) is 4.38. The van der Waals surface area contributed by atoms with E-state index in [2.05, 4.69) is 4.98 Å². The van der Waals surface area contributed by atoms with Gasteiger partial charge in [0.25, 0.3) is 0 Å². The number of nitrogens with two attached hydrogens (primary N) is 1. The van der Waals surface area contributed by atoms with E-state index in [1.807, 2.05) is 20.8 Å². The molecular weight excluding hydrogens is 284 g/mol. The lowest BCUT2D eigenvalue weighted by molar-refractivity contribution is 0.590. The fourth-order valence-electron chi connectivity index (χ4n) is 2.33. The Kier molecular flexibility index (Phi) is 4.44. The minimum atomic E-state index is -3.62. The van der Waals surface area contributed by atoms with Gasteiger partial charge in [0, 0.05) is 12.2 Å². The predicted octanol–water partition coefficient (Wildman–Crippen LogP) is 2.80. The fraction of sp³-hybridized carbons (Fsp3) is 0.312. The third kappa shape index (κ3) is 2.99. The highest BCUT2D eigenvalue weighted by Gasteiger charge is 2.24. The molecule has 0 aliphatic rings. The van der Waals surface area contributed by atoms with E-state index in [9.17, 15) is 8.42 Å². The summed E-state index contributed by atoms with van der Waals surface area (Å²) in [7, 11) is -3.62. The summed E-state index contributed by atoms with van der Waals surface area (Å²) >= 11 is 0. The number of hydrogen-bond acceptors (Lipinski definition) is 4. The molecule has 2 rings (SSSR count). The van der Waals surface area contributed by atoms with Crippen LogP contribution < -0.4 is 5.73 Å². The molecule has 0 bridgehead atoms. The molecule has 1 heterocycles. The zero-order valence-corrected chi connectivity index (χ0v) is 13.3. The first kappa shape index (κ1) is 15.7. The molecule has 4 nitrogen and oxygen atoms in total. The van der Waals surface area contributed by atoms with Crippen molar-refractivity contribution in [3.63, 3.8) is 0 Å². The van der Waals surface area contributed by atoms with Crippen LogP contribution in [0.4, 0.5) is 0 Å². The molecule has 0 aliphatic heterocycles. The third-order valence-corrected chi connectivity index (χ3v) is 5.24. The van der Waals surface area contributed by atoms with Gasteiger partial charge >= 0.3 is 0 Å². The predicted molar refractivity (Wildman–Crippen MR) is 82.8 cm³/mol. The Morgan fingerprint density at radius 2 is 1.81 bits per heavy atom. The van der Waals surface area contributed by atoms with Crippen molar-refractivity contribution in [1.29, 1.82) is 0 Å². The van der Waals surface area contributed by atoms with Crippen LogP contribution in [-0.2, 0) is 16.3 Å². The normalized spacial score (nSPS) is 13.1. The zero-order valence-electron chi connectivity index (χ0n) is 12.5. The number of nitrogens with zero attached hydrogens (tertiary/aromatic N) is 1. The van der Waals surface area contributed by atoms with Crippen LogP contribution in [0.2, 0.25) is 0 Å². The number of pyridine rings is 1. The summed E-state index contributed by atoms with van der Waals surface area (Å²) in [5.74, 6) is 0. The lowest BCUT2D eigenvalue weighted by Gasteiger charge is -2.15. The summed E-state index contributed by atoms with van der Waals surface area (Å²) in [6.07, 6.45) is 2.09. The number of rotatable bonds is 4. The number of sulfone groups is 1. The lowest BCUT2D eigenvalue weighted by atomic mass is 10.0. The van der Waals surface area contributed by atoms with Crippen LogP contribution in [0.25, 0.3) is 0 Å². The van der Waals surface area contributed by atoms with Gasteiger partial charge in [0.2, 0.25) is 9.84 Å². The molecule has 2 aromatic rings. The summed E-state index contributed by atoms with van der Waals surface area (Å²) < 4.78 is 25.6. The monoisotopic (exact) mass is 304 g/mol. The first-order chi connectivity index (χ1) is 9.87. The maximum absolute atomic E-state index is 12.8. The maximum atomic E-state index is 12.8. The van der Waals surface area contributed by atoms with Crippen LogP contribution >= 0.6 is 0 Å². The smallest absolute Gasteiger partial charge is 0.224 e. The van der Waals surface area contributed by atoms with Crippen molar-refractivity contribution >= 4 is 9.84 Å². The van der Waals surface area contributed by atoms with Gasteiger partial charge in [-0.25, -0.2) is 13.4 Å². The Balaban J connectivity index is 2.65. The fourth-order valence-corrected chi connectivity index (χ4v) is 3.83. The second kappa shape index (κ2) is 5.95. The van der Waals surface area contributed by atoms with Crippen LogP contribution in [0.3, 0.4) is 0 Å². The number of aryl methyl sites for hydroxylation is 1. The van der Waals surface area contributed by atoms with Crippen molar-refractivity contribution in [1.82, 2.24) is 4.98 Å². The molecule has 0 aliphatic carbocycles. The number of benzene rings is 1. The molecule has 1 atom stereocenters. The van der Waals surface area contributed by atoms with Gasteiger partial charge in [-0.1, -0.05) is 24.6 Å². The van der Waals surface area contributed by atoms with E-state index in [1.165, 1.54) is 6.20 Å². The molecule has 21 heavy (non-hydrogen) atoms. The van der Waals surface area contributed by atoms with Crippen molar-refractivity contribution < 1.29 is 8.42 Å². The molecule has 112 valence electrons. The molecule has 2 N–H and O–H groups in total. The SMILES string of the molecule is CCc1c(C(C)N)ccnc1S(=O)(=O)c1ccc(C)cc1. The van der Waals surface area contributed by atoms with Crippen molar-refractivity contribution in [2.75, 3.05) is 0 Å². The van der Waals surface area contributed by atoms with Crippen LogP contribution in [0, 0.1) is 6.92 Å². The van der Waals surface area contributed by atoms with Gasteiger partial charge in [0.05, 0.1) is 4.90 Å². The first-order valence-corrected chi connectivity index (χ1v) is 8.41. The van der Waals surface area contributed by atoms with Gasteiger partial charge in [-0.2, -0.15) is 0 Å². The number of aromatic nitrogens is 1. The van der Waals surface area contributed by atoms with E-state index < -0.39 is 9.84 Å². The van der Waals surface area contributed by atoms with Gasteiger partial charge in [-0.3, -0.25) is 0 Å². The van der Waals surface area contributed by atoms with E-state index in [0.717, 1.165) is 11.1 Å². The highest BCUT2D eigenvalue weighted by atomic mass is 32.2. The Labute approximate surface area is 125 Å². The van der Waals surface area contributed by atoms with Crippen LogP contribution in [0.5, 0.6) is 0 Å². The molecule has 1 aromatic carbocycles. The van der Waals surface area contributed by atoms with Gasteiger partial charge in [-0.15, -0.1) is 0 Å². The van der Waals surface area contributed by atoms with Crippen molar-refractivity contribution in [3.8, 4) is 0 Å².